The topological polar surface area (TPSA) is 32.5 Å². The molecule has 1 unspecified atom stereocenters. The minimum Gasteiger partial charge on any atom is -0.464 e. The molecule has 0 aromatic carbocycles. The molecule has 2 saturated heterocycles. The smallest absolute Gasteiger partial charge is 0.139 e. The molecule has 0 aliphatic carbocycles. The van der Waals surface area contributed by atoms with E-state index in [4.69, 9.17) is 4.42 Å². The van der Waals surface area contributed by atoms with Crippen molar-refractivity contribution in [3.63, 3.8) is 0 Å². The summed E-state index contributed by atoms with van der Waals surface area (Å²) < 4.78 is 5.46. The van der Waals surface area contributed by atoms with Crippen molar-refractivity contribution in [3.8, 4) is 0 Å². The number of furan rings is 1. The van der Waals surface area contributed by atoms with Gasteiger partial charge >= 0.3 is 0 Å². The third-order valence-corrected chi connectivity index (χ3v) is 4.25. The molecule has 4 nitrogen and oxygen atoms in total. The van der Waals surface area contributed by atoms with Crippen LogP contribution in [0.5, 0.6) is 0 Å². The lowest BCUT2D eigenvalue weighted by molar-refractivity contribution is 0.230. The van der Waals surface area contributed by atoms with Crippen molar-refractivity contribution in [2.45, 2.75) is 18.9 Å². The molecule has 4 rings (SSSR count). The summed E-state index contributed by atoms with van der Waals surface area (Å²) in [6, 6.07) is 4.69. The van der Waals surface area contributed by atoms with Crippen molar-refractivity contribution in [1.82, 2.24) is 9.88 Å². The van der Waals surface area contributed by atoms with Crippen LogP contribution in [0.3, 0.4) is 0 Å². The average Bonchev–Trinajstić information content (AvgIpc) is 3.05. The second-order valence-electron chi connectivity index (χ2n) is 5.25. The van der Waals surface area contributed by atoms with Gasteiger partial charge in [0.25, 0.3) is 0 Å². The van der Waals surface area contributed by atoms with E-state index in [-0.39, 0.29) is 0 Å². The van der Waals surface area contributed by atoms with Crippen molar-refractivity contribution in [2.24, 2.45) is 0 Å². The summed E-state index contributed by atoms with van der Waals surface area (Å²) in [4.78, 5) is 9.60. The third-order valence-electron chi connectivity index (χ3n) is 4.25. The molecular formula is C14H17N3O. The number of nitrogens with zero attached hydrogens (tertiary/aromatic N) is 3. The SMILES string of the molecule is c1cc2occc2c(N2CCN3CCCC3C2)n1. The highest BCUT2D eigenvalue weighted by Crippen LogP contribution is 2.29. The van der Waals surface area contributed by atoms with Crippen molar-refractivity contribution < 1.29 is 4.42 Å². The fourth-order valence-electron chi connectivity index (χ4n) is 3.32. The van der Waals surface area contributed by atoms with Crippen LogP contribution in [0.2, 0.25) is 0 Å². The van der Waals surface area contributed by atoms with Gasteiger partial charge in [0.1, 0.15) is 11.4 Å². The molecule has 0 spiro atoms. The summed E-state index contributed by atoms with van der Waals surface area (Å²) in [6.07, 6.45) is 6.28. The zero-order valence-electron chi connectivity index (χ0n) is 10.4. The maximum atomic E-state index is 5.46. The summed E-state index contributed by atoms with van der Waals surface area (Å²) >= 11 is 0. The van der Waals surface area contributed by atoms with E-state index < -0.39 is 0 Å². The first-order valence-electron chi connectivity index (χ1n) is 6.73. The Morgan fingerprint density at radius 3 is 3.22 bits per heavy atom. The van der Waals surface area contributed by atoms with Crippen LogP contribution >= 0.6 is 0 Å². The number of fused-ring (bicyclic) bond motifs is 2. The zero-order chi connectivity index (χ0) is 11.9. The summed E-state index contributed by atoms with van der Waals surface area (Å²) in [5, 5.41) is 1.14. The lowest BCUT2D eigenvalue weighted by Gasteiger charge is -2.38. The molecule has 0 N–H and O–H groups in total. The van der Waals surface area contributed by atoms with Gasteiger partial charge in [-0.05, 0) is 31.5 Å². The Labute approximate surface area is 106 Å². The van der Waals surface area contributed by atoms with Crippen LogP contribution in [0.25, 0.3) is 11.0 Å². The first-order valence-corrected chi connectivity index (χ1v) is 6.73. The van der Waals surface area contributed by atoms with E-state index in [9.17, 15) is 0 Å². The van der Waals surface area contributed by atoms with E-state index in [1.807, 2.05) is 18.3 Å². The molecule has 18 heavy (non-hydrogen) atoms. The predicted octanol–water partition coefficient (Wildman–Crippen LogP) is 2.11. The van der Waals surface area contributed by atoms with Crippen molar-refractivity contribution in [2.75, 3.05) is 31.1 Å². The van der Waals surface area contributed by atoms with Gasteiger partial charge in [-0.2, -0.15) is 0 Å². The van der Waals surface area contributed by atoms with Gasteiger partial charge in [-0.1, -0.05) is 0 Å². The van der Waals surface area contributed by atoms with Gasteiger partial charge < -0.3 is 9.32 Å². The van der Waals surface area contributed by atoms with Crippen molar-refractivity contribution >= 4 is 16.8 Å². The Bertz CT molecular complexity index is 565. The van der Waals surface area contributed by atoms with E-state index in [1.165, 1.54) is 25.9 Å². The summed E-state index contributed by atoms with van der Waals surface area (Å²) in [5.41, 5.74) is 0.939. The van der Waals surface area contributed by atoms with Crippen LogP contribution in [0.1, 0.15) is 12.8 Å². The number of rotatable bonds is 1. The van der Waals surface area contributed by atoms with Crippen LogP contribution < -0.4 is 4.90 Å². The lowest BCUT2D eigenvalue weighted by Crippen LogP contribution is -2.50. The molecule has 2 aromatic heterocycles. The van der Waals surface area contributed by atoms with Crippen LogP contribution in [0.15, 0.2) is 29.0 Å². The summed E-state index contributed by atoms with van der Waals surface area (Å²) in [5.74, 6) is 1.09. The van der Waals surface area contributed by atoms with E-state index in [1.54, 1.807) is 6.26 Å². The molecular weight excluding hydrogens is 226 g/mol. The Morgan fingerprint density at radius 1 is 1.22 bits per heavy atom. The molecule has 2 aliphatic heterocycles. The zero-order valence-corrected chi connectivity index (χ0v) is 10.4. The largest absolute Gasteiger partial charge is 0.464 e. The number of pyridine rings is 1. The monoisotopic (exact) mass is 243 g/mol. The van der Waals surface area contributed by atoms with Crippen molar-refractivity contribution in [3.05, 3.63) is 24.6 Å². The standard InChI is InChI=1S/C14H17N3O/c1-2-11-10-17(8-7-16(11)6-1)14-12-4-9-18-13(12)3-5-15-14/h3-5,9,11H,1-2,6-8,10H2. The van der Waals surface area contributed by atoms with E-state index in [0.29, 0.717) is 0 Å². The Kier molecular flexibility index (Phi) is 2.30. The maximum Gasteiger partial charge on any atom is 0.139 e. The number of piperazine rings is 1. The normalized spacial score (nSPS) is 24.7. The second-order valence-corrected chi connectivity index (χ2v) is 5.25. The summed E-state index contributed by atoms with van der Waals surface area (Å²) in [7, 11) is 0. The number of hydrogen-bond acceptors (Lipinski definition) is 4. The predicted molar refractivity (Wildman–Crippen MR) is 70.8 cm³/mol. The van der Waals surface area contributed by atoms with Gasteiger partial charge in [-0.15, -0.1) is 0 Å². The van der Waals surface area contributed by atoms with Crippen LogP contribution in [-0.2, 0) is 0 Å². The quantitative estimate of drug-likeness (QED) is 0.768. The highest BCUT2D eigenvalue weighted by Gasteiger charge is 2.31. The van der Waals surface area contributed by atoms with Gasteiger partial charge in [0, 0.05) is 31.9 Å². The fourth-order valence-corrected chi connectivity index (χ4v) is 3.32. The minimum atomic E-state index is 0.725. The molecule has 4 heteroatoms. The maximum absolute atomic E-state index is 5.46. The molecule has 0 amide bonds. The second kappa shape index (κ2) is 3.99. The molecule has 2 fully saturated rings. The number of hydrogen-bond donors (Lipinski definition) is 0. The fraction of sp³-hybridized carbons (Fsp3) is 0.500. The van der Waals surface area contributed by atoms with Gasteiger partial charge in [-0.25, -0.2) is 4.98 Å². The van der Waals surface area contributed by atoms with Gasteiger partial charge in [0.15, 0.2) is 0 Å². The van der Waals surface area contributed by atoms with Crippen LogP contribution in [-0.4, -0.2) is 42.1 Å². The molecule has 4 heterocycles. The van der Waals surface area contributed by atoms with E-state index >= 15 is 0 Å². The first-order chi connectivity index (χ1) is 8.92. The number of aromatic nitrogens is 1. The molecule has 1 atom stereocenters. The van der Waals surface area contributed by atoms with Gasteiger partial charge in [-0.3, -0.25) is 4.90 Å². The minimum absolute atomic E-state index is 0.725. The van der Waals surface area contributed by atoms with Crippen LogP contribution in [0.4, 0.5) is 5.82 Å². The highest BCUT2D eigenvalue weighted by molar-refractivity contribution is 5.88. The van der Waals surface area contributed by atoms with Crippen LogP contribution in [0, 0.1) is 0 Å². The summed E-state index contributed by atoms with van der Waals surface area (Å²) in [6.45, 7) is 4.63. The average molecular weight is 243 g/mol. The first kappa shape index (κ1) is 10.4. The molecule has 0 bridgehead atoms. The van der Waals surface area contributed by atoms with Crippen molar-refractivity contribution in [1.29, 1.82) is 0 Å². The van der Waals surface area contributed by atoms with Gasteiger partial charge in [0.2, 0.25) is 0 Å². The molecule has 2 aliphatic rings. The van der Waals surface area contributed by atoms with E-state index in [2.05, 4.69) is 14.8 Å². The Morgan fingerprint density at radius 2 is 2.22 bits per heavy atom. The van der Waals surface area contributed by atoms with E-state index in [0.717, 1.165) is 35.9 Å². The highest BCUT2D eigenvalue weighted by atomic mass is 16.3. The lowest BCUT2D eigenvalue weighted by atomic mass is 10.1. The molecule has 94 valence electrons. The Balaban J connectivity index is 1.68. The van der Waals surface area contributed by atoms with Gasteiger partial charge in [0.05, 0.1) is 11.6 Å². The Hall–Kier alpha value is -1.55. The number of anilines is 1. The molecule has 2 aromatic rings. The molecule has 0 radical (unpaired) electrons. The molecule has 0 saturated carbocycles. The third kappa shape index (κ3) is 1.52.